The predicted octanol–water partition coefficient (Wildman–Crippen LogP) is 2.67. The van der Waals surface area contributed by atoms with Gasteiger partial charge in [0, 0.05) is 11.8 Å². The zero-order chi connectivity index (χ0) is 12.4. The summed E-state index contributed by atoms with van der Waals surface area (Å²) in [6.45, 7) is 0. The van der Waals surface area contributed by atoms with Gasteiger partial charge in [-0.2, -0.15) is 0 Å². The number of nitrogens with two attached hydrogens (primary N) is 1. The first-order chi connectivity index (χ1) is 8.08. The average Bonchev–Trinajstić information content (AvgIpc) is 2.30. The van der Waals surface area contributed by atoms with Crippen LogP contribution in [0, 0.1) is 0 Å². The highest BCUT2D eigenvalue weighted by Crippen LogP contribution is 2.32. The van der Waals surface area contributed by atoms with Crippen molar-refractivity contribution in [3.63, 3.8) is 0 Å². The van der Waals surface area contributed by atoms with Crippen LogP contribution in [0.5, 0.6) is 11.6 Å². The van der Waals surface area contributed by atoms with E-state index in [4.69, 9.17) is 10.5 Å². The molecule has 2 rings (SSSR count). The molecule has 0 aliphatic carbocycles. The van der Waals surface area contributed by atoms with E-state index in [0.29, 0.717) is 11.4 Å². The molecule has 88 valence electrons. The summed E-state index contributed by atoms with van der Waals surface area (Å²) in [6.07, 6.45) is 1.27. The molecule has 1 heterocycles. The standard InChI is InChI=1S/C10H7Br2N3O2/c11-6-2-1-5(13)3-7(6)17-10-8(12)9(16)14-4-15-10/h1-4H,13H2,(H,14,15,16). The Bertz CT molecular complexity index is 613. The maximum Gasteiger partial charge on any atom is 0.268 e. The topological polar surface area (TPSA) is 81.0 Å². The Labute approximate surface area is 113 Å². The quantitative estimate of drug-likeness (QED) is 0.807. The minimum absolute atomic E-state index is 0.181. The normalized spacial score (nSPS) is 10.2. The van der Waals surface area contributed by atoms with Gasteiger partial charge in [0.05, 0.1) is 10.8 Å². The minimum Gasteiger partial charge on any atom is -0.436 e. The molecule has 0 saturated heterocycles. The van der Waals surface area contributed by atoms with Crippen LogP contribution in [-0.4, -0.2) is 9.97 Å². The van der Waals surface area contributed by atoms with Crippen molar-refractivity contribution < 1.29 is 4.74 Å². The Balaban J connectivity index is 2.41. The molecule has 0 saturated carbocycles. The molecule has 2 aromatic rings. The van der Waals surface area contributed by atoms with E-state index in [2.05, 4.69) is 41.8 Å². The summed E-state index contributed by atoms with van der Waals surface area (Å²) < 4.78 is 6.45. The van der Waals surface area contributed by atoms with Crippen LogP contribution >= 0.6 is 31.9 Å². The lowest BCUT2D eigenvalue weighted by Gasteiger charge is -2.08. The van der Waals surface area contributed by atoms with Gasteiger partial charge >= 0.3 is 0 Å². The lowest BCUT2D eigenvalue weighted by atomic mass is 10.3. The molecule has 0 fully saturated rings. The van der Waals surface area contributed by atoms with Crippen molar-refractivity contribution >= 4 is 37.5 Å². The highest BCUT2D eigenvalue weighted by Gasteiger charge is 2.10. The number of nitrogens with zero attached hydrogens (tertiary/aromatic N) is 1. The highest BCUT2D eigenvalue weighted by molar-refractivity contribution is 9.11. The van der Waals surface area contributed by atoms with E-state index in [9.17, 15) is 4.79 Å². The van der Waals surface area contributed by atoms with E-state index in [1.165, 1.54) is 6.33 Å². The molecule has 0 spiro atoms. The van der Waals surface area contributed by atoms with Gasteiger partial charge < -0.3 is 15.5 Å². The molecule has 0 bridgehead atoms. The molecule has 7 heteroatoms. The van der Waals surface area contributed by atoms with E-state index in [1.807, 2.05) is 0 Å². The van der Waals surface area contributed by atoms with Crippen LogP contribution in [0.1, 0.15) is 0 Å². The molecule has 1 aromatic heterocycles. The number of rotatable bonds is 2. The fourth-order valence-corrected chi connectivity index (χ4v) is 1.77. The summed E-state index contributed by atoms with van der Waals surface area (Å²) in [6, 6.07) is 5.13. The monoisotopic (exact) mass is 359 g/mol. The zero-order valence-electron chi connectivity index (χ0n) is 8.41. The summed E-state index contributed by atoms with van der Waals surface area (Å²) >= 11 is 6.42. The molecule has 3 N–H and O–H groups in total. The molecule has 0 aliphatic heterocycles. The van der Waals surface area contributed by atoms with Crippen molar-refractivity contribution in [3.8, 4) is 11.6 Å². The van der Waals surface area contributed by atoms with Crippen molar-refractivity contribution in [2.75, 3.05) is 5.73 Å². The van der Waals surface area contributed by atoms with Crippen LogP contribution in [0.4, 0.5) is 5.69 Å². The van der Waals surface area contributed by atoms with Crippen molar-refractivity contribution in [1.82, 2.24) is 9.97 Å². The molecule has 0 amide bonds. The maximum absolute atomic E-state index is 11.3. The third-order valence-electron chi connectivity index (χ3n) is 1.93. The first-order valence-electron chi connectivity index (χ1n) is 4.54. The molecular formula is C10H7Br2N3O2. The van der Waals surface area contributed by atoms with Crippen LogP contribution in [0.15, 0.2) is 38.3 Å². The van der Waals surface area contributed by atoms with Crippen molar-refractivity contribution in [3.05, 3.63) is 43.8 Å². The Morgan fingerprint density at radius 2 is 2.12 bits per heavy atom. The van der Waals surface area contributed by atoms with Gasteiger partial charge in [0.2, 0.25) is 5.88 Å². The summed E-state index contributed by atoms with van der Waals surface area (Å²) in [5.41, 5.74) is 5.90. The van der Waals surface area contributed by atoms with Crippen LogP contribution in [-0.2, 0) is 0 Å². The summed E-state index contributed by atoms with van der Waals surface area (Å²) in [5, 5.41) is 0. The van der Waals surface area contributed by atoms with E-state index in [0.717, 1.165) is 4.47 Å². The second-order valence-electron chi connectivity index (χ2n) is 3.14. The second-order valence-corrected chi connectivity index (χ2v) is 4.79. The largest absolute Gasteiger partial charge is 0.436 e. The van der Waals surface area contributed by atoms with Crippen LogP contribution in [0.3, 0.4) is 0 Å². The van der Waals surface area contributed by atoms with Gasteiger partial charge in [0.1, 0.15) is 10.2 Å². The first-order valence-corrected chi connectivity index (χ1v) is 6.12. The van der Waals surface area contributed by atoms with Crippen molar-refractivity contribution in [2.24, 2.45) is 0 Å². The number of anilines is 1. The lowest BCUT2D eigenvalue weighted by molar-refractivity contribution is 0.454. The number of benzene rings is 1. The molecule has 0 aliphatic rings. The Morgan fingerprint density at radius 1 is 1.35 bits per heavy atom. The number of nitrogens with one attached hydrogen (secondary N) is 1. The lowest BCUT2D eigenvalue weighted by Crippen LogP contribution is -2.08. The molecule has 0 atom stereocenters. The van der Waals surface area contributed by atoms with E-state index in [-0.39, 0.29) is 15.9 Å². The third-order valence-corrected chi connectivity index (χ3v) is 3.28. The Kier molecular flexibility index (Phi) is 3.49. The Hall–Kier alpha value is -1.34. The van der Waals surface area contributed by atoms with Crippen molar-refractivity contribution in [1.29, 1.82) is 0 Å². The van der Waals surface area contributed by atoms with Gasteiger partial charge in [-0.25, -0.2) is 4.98 Å². The van der Waals surface area contributed by atoms with Crippen LogP contribution < -0.4 is 16.0 Å². The maximum atomic E-state index is 11.3. The smallest absolute Gasteiger partial charge is 0.268 e. The van der Waals surface area contributed by atoms with Gasteiger partial charge in [-0.1, -0.05) is 0 Å². The third kappa shape index (κ3) is 2.67. The van der Waals surface area contributed by atoms with Gasteiger partial charge in [-0.05, 0) is 44.0 Å². The van der Waals surface area contributed by atoms with Gasteiger partial charge in [-0.15, -0.1) is 0 Å². The predicted molar refractivity (Wildman–Crippen MR) is 71.2 cm³/mol. The molecule has 0 radical (unpaired) electrons. The average molecular weight is 361 g/mol. The number of nitrogen functional groups attached to an aromatic ring is 1. The highest BCUT2D eigenvalue weighted by atomic mass is 79.9. The zero-order valence-corrected chi connectivity index (χ0v) is 11.6. The summed E-state index contributed by atoms with van der Waals surface area (Å²) in [7, 11) is 0. The van der Waals surface area contributed by atoms with E-state index >= 15 is 0 Å². The number of aromatic nitrogens is 2. The van der Waals surface area contributed by atoms with Gasteiger partial charge in [0.15, 0.2) is 0 Å². The molecule has 1 aromatic carbocycles. The van der Waals surface area contributed by atoms with Crippen LogP contribution in [0.25, 0.3) is 0 Å². The first kappa shape index (κ1) is 12.1. The molecule has 0 unspecified atom stereocenters. The van der Waals surface area contributed by atoms with E-state index in [1.54, 1.807) is 18.2 Å². The Morgan fingerprint density at radius 3 is 2.88 bits per heavy atom. The van der Waals surface area contributed by atoms with Crippen molar-refractivity contribution in [2.45, 2.75) is 0 Å². The fourth-order valence-electron chi connectivity index (χ4n) is 1.14. The van der Waals surface area contributed by atoms with E-state index < -0.39 is 0 Å². The van der Waals surface area contributed by atoms with Gasteiger partial charge in [0.25, 0.3) is 5.56 Å². The number of ether oxygens (including phenoxy) is 1. The summed E-state index contributed by atoms with van der Waals surface area (Å²) in [4.78, 5) is 17.7. The van der Waals surface area contributed by atoms with Gasteiger partial charge in [-0.3, -0.25) is 4.79 Å². The SMILES string of the molecule is Nc1ccc(Br)c(Oc2nc[nH]c(=O)c2Br)c1. The number of aromatic amines is 1. The minimum atomic E-state index is -0.310. The number of hydrogen-bond acceptors (Lipinski definition) is 4. The fraction of sp³-hybridized carbons (Fsp3) is 0. The number of H-pyrrole nitrogens is 1. The number of halogens is 2. The molecular weight excluding hydrogens is 354 g/mol. The van der Waals surface area contributed by atoms with Crippen LogP contribution in [0.2, 0.25) is 0 Å². The number of hydrogen-bond donors (Lipinski definition) is 2. The molecule has 17 heavy (non-hydrogen) atoms. The second kappa shape index (κ2) is 4.89. The molecule has 5 nitrogen and oxygen atoms in total. The summed E-state index contributed by atoms with van der Waals surface area (Å²) in [5.74, 6) is 0.670.